The van der Waals surface area contributed by atoms with Crippen molar-refractivity contribution < 1.29 is 9.90 Å². The number of anilines is 1. The fourth-order valence-electron chi connectivity index (χ4n) is 4.48. The largest absolute Gasteiger partial charge is 0.508 e. The average Bonchev–Trinajstić information content (AvgIpc) is 2.84. The zero-order chi connectivity index (χ0) is 24.5. The zero-order valence-corrected chi connectivity index (χ0v) is 22.2. The molecule has 3 N–H and O–H groups in total. The van der Waals surface area contributed by atoms with Gasteiger partial charge in [0, 0.05) is 12.2 Å². The second-order valence-electron chi connectivity index (χ2n) is 10.00. The standard InChI is InChI=1S/C30H54N2O2/c1-2-3-4-5-6-7-8-9-10-11-12-13-14-15-16-17-18-19-20-21-22-27-31-30(34)32-28-23-25-29(33)26-24-28/h23-26,33H,2-22,27H2,1H3,(H2,31,32,34). The molecular formula is C30H54N2O2. The number of aromatic hydroxyl groups is 1. The number of hydrogen-bond donors (Lipinski definition) is 3. The molecule has 0 unspecified atom stereocenters. The SMILES string of the molecule is CCCCCCCCCCCCCCCCCCCCCCCNC(=O)Nc1ccc(O)cc1. The first-order valence-electron chi connectivity index (χ1n) is 14.6. The van der Waals surface area contributed by atoms with Gasteiger partial charge in [-0.05, 0) is 30.7 Å². The topological polar surface area (TPSA) is 61.4 Å². The fraction of sp³-hybridized carbons (Fsp3) is 0.767. The molecule has 1 rings (SSSR count). The molecule has 0 saturated carbocycles. The Balaban J connectivity index is 1.72. The van der Waals surface area contributed by atoms with Crippen LogP contribution in [-0.4, -0.2) is 17.7 Å². The summed E-state index contributed by atoms with van der Waals surface area (Å²) in [6.07, 6.45) is 29.0. The third-order valence-corrected chi connectivity index (χ3v) is 6.69. The van der Waals surface area contributed by atoms with E-state index in [4.69, 9.17) is 0 Å². The van der Waals surface area contributed by atoms with Gasteiger partial charge in [0.2, 0.25) is 0 Å². The van der Waals surface area contributed by atoms with Crippen molar-refractivity contribution in [2.75, 3.05) is 11.9 Å². The third-order valence-electron chi connectivity index (χ3n) is 6.69. The van der Waals surface area contributed by atoms with E-state index in [1.807, 2.05) is 0 Å². The summed E-state index contributed by atoms with van der Waals surface area (Å²) >= 11 is 0. The van der Waals surface area contributed by atoms with Crippen LogP contribution in [0.2, 0.25) is 0 Å². The van der Waals surface area contributed by atoms with Crippen LogP contribution in [-0.2, 0) is 0 Å². The summed E-state index contributed by atoms with van der Waals surface area (Å²) in [5, 5.41) is 14.9. The first-order chi connectivity index (χ1) is 16.7. The monoisotopic (exact) mass is 474 g/mol. The van der Waals surface area contributed by atoms with E-state index in [1.165, 1.54) is 128 Å². The van der Waals surface area contributed by atoms with Crippen molar-refractivity contribution in [2.45, 2.75) is 142 Å². The van der Waals surface area contributed by atoms with Gasteiger partial charge in [0.1, 0.15) is 5.75 Å². The molecule has 0 aromatic heterocycles. The summed E-state index contributed by atoms with van der Waals surface area (Å²) in [6, 6.07) is 6.32. The van der Waals surface area contributed by atoms with E-state index in [1.54, 1.807) is 24.3 Å². The van der Waals surface area contributed by atoms with Gasteiger partial charge in [-0.1, -0.05) is 135 Å². The molecule has 4 heteroatoms. The van der Waals surface area contributed by atoms with E-state index in [0.29, 0.717) is 12.2 Å². The molecule has 2 amide bonds. The summed E-state index contributed by atoms with van der Waals surface area (Å²) < 4.78 is 0. The average molecular weight is 475 g/mol. The van der Waals surface area contributed by atoms with Gasteiger partial charge in [-0.2, -0.15) is 0 Å². The Bertz CT molecular complexity index is 574. The highest BCUT2D eigenvalue weighted by molar-refractivity contribution is 5.89. The lowest BCUT2D eigenvalue weighted by molar-refractivity contribution is 0.252. The van der Waals surface area contributed by atoms with Gasteiger partial charge >= 0.3 is 6.03 Å². The van der Waals surface area contributed by atoms with Crippen LogP contribution in [0.5, 0.6) is 5.75 Å². The minimum Gasteiger partial charge on any atom is -0.508 e. The Labute approximate surface area is 210 Å². The van der Waals surface area contributed by atoms with Crippen molar-refractivity contribution in [3.05, 3.63) is 24.3 Å². The normalized spacial score (nSPS) is 11.0. The zero-order valence-electron chi connectivity index (χ0n) is 22.2. The van der Waals surface area contributed by atoms with E-state index in [9.17, 15) is 9.90 Å². The van der Waals surface area contributed by atoms with Crippen molar-refractivity contribution in [1.82, 2.24) is 5.32 Å². The number of phenolic OH excluding ortho intramolecular Hbond substituents is 1. The lowest BCUT2D eigenvalue weighted by atomic mass is 10.0. The van der Waals surface area contributed by atoms with E-state index >= 15 is 0 Å². The molecule has 0 aliphatic carbocycles. The van der Waals surface area contributed by atoms with Crippen molar-refractivity contribution in [1.29, 1.82) is 0 Å². The van der Waals surface area contributed by atoms with Crippen molar-refractivity contribution in [2.24, 2.45) is 0 Å². The molecule has 196 valence electrons. The molecule has 0 spiro atoms. The minimum atomic E-state index is -0.182. The summed E-state index contributed by atoms with van der Waals surface area (Å²) in [5.41, 5.74) is 0.689. The van der Waals surface area contributed by atoms with E-state index in [-0.39, 0.29) is 11.8 Å². The first kappa shape index (κ1) is 30.3. The van der Waals surface area contributed by atoms with Crippen LogP contribution in [0.25, 0.3) is 0 Å². The van der Waals surface area contributed by atoms with Gasteiger partial charge in [-0.15, -0.1) is 0 Å². The van der Waals surface area contributed by atoms with Crippen LogP contribution in [0.4, 0.5) is 10.5 Å². The van der Waals surface area contributed by atoms with Crippen LogP contribution < -0.4 is 10.6 Å². The Kier molecular flexibility index (Phi) is 20.6. The summed E-state index contributed by atoms with van der Waals surface area (Å²) in [7, 11) is 0. The van der Waals surface area contributed by atoms with Crippen LogP contribution in [0.1, 0.15) is 142 Å². The number of carbonyl (C=O) groups is 1. The summed E-state index contributed by atoms with van der Waals surface area (Å²) in [5.74, 6) is 0.200. The van der Waals surface area contributed by atoms with E-state index in [0.717, 1.165) is 6.42 Å². The minimum absolute atomic E-state index is 0.182. The Morgan fingerprint density at radius 1 is 0.588 bits per heavy atom. The number of nitrogens with one attached hydrogen (secondary N) is 2. The van der Waals surface area contributed by atoms with Gasteiger partial charge in [0.25, 0.3) is 0 Å². The van der Waals surface area contributed by atoms with Crippen LogP contribution in [0, 0.1) is 0 Å². The molecule has 4 nitrogen and oxygen atoms in total. The molecule has 34 heavy (non-hydrogen) atoms. The Morgan fingerprint density at radius 3 is 1.32 bits per heavy atom. The molecule has 0 saturated heterocycles. The van der Waals surface area contributed by atoms with Gasteiger partial charge in [0.15, 0.2) is 0 Å². The van der Waals surface area contributed by atoms with Crippen LogP contribution in [0.3, 0.4) is 0 Å². The van der Waals surface area contributed by atoms with E-state index in [2.05, 4.69) is 17.6 Å². The number of urea groups is 1. The Hall–Kier alpha value is -1.71. The van der Waals surface area contributed by atoms with Gasteiger partial charge < -0.3 is 15.7 Å². The highest BCUT2D eigenvalue weighted by Crippen LogP contribution is 2.15. The number of carbonyl (C=O) groups excluding carboxylic acids is 1. The Morgan fingerprint density at radius 2 is 0.941 bits per heavy atom. The maximum Gasteiger partial charge on any atom is 0.319 e. The lowest BCUT2D eigenvalue weighted by Gasteiger charge is -2.07. The third kappa shape index (κ3) is 19.7. The predicted molar refractivity (Wildman–Crippen MR) is 148 cm³/mol. The molecule has 0 bridgehead atoms. The fourth-order valence-corrected chi connectivity index (χ4v) is 4.48. The highest BCUT2D eigenvalue weighted by Gasteiger charge is 2.01. The molecule has 0 heterocycles. The lowest BCUT2D eigenvalue weighted by Crippen LogP contribution is -2.29. The smallest absolute Gasteiger partial charge is 0.319 e. The summed E-state index contributed by atoms with van der Waals surface area (Å²) in [6.45, 7) is 3.00. The number of benzene rings is 1. The number of unbranched alkanes of at least 4 members (excludes halogenated alkanes) is 20. The van der Waals surface area contributed by atoms with Gasteiger partial charge in [0.05, 0.1) is 0 Å². The second kappa shape index (κ2) is 23.1. The van der Waals surface area contributed by atoms with Crippen molar-refractivity contribution in [3.63, 3.8) is 0 Å². The van der Waals surface area contributed by atoms with Crippen molar-refractivity contribution >= 4 is 11.7 Å². The number of hydrogen-bond acceptors (Lipinski definition) is 2. The molecule has 1 aromatic rings. The second-order valence-corrected chi connectivity index (χ2v) is 10.00. The highest BCUT2D eigenvalue weighted by atomic mass is 16.3. The number of amides is 2. The number of rotatable bonds is 23. The first-order valence-corrected chi connectivity index (χ1v) is 14.6. The molecule has 0 radical (unpaired) electrons. The molecule has 0 fully saturated rings. The van der Waals surface area contributed by atoms with Crippen LogP contribution >= 0.6 is 0 Å². The molecule has 0 aliphatic heterocycles. The maximum absolute atomic E-state index is 11.8. The molecule has 0 aliphatic rings. The van der Waals surface area contributed by atoms with Gasteiger partial charge in [-0.3, -0.25) is 0 Å². The predicted octanol–water partition coefficient (Wildman–Crippen LogP) is 9.73. The molecular weight excluding hydrogens is 420 g/mol. The van der Waals surface area contributed by atoms with E-state index < -0.39 is 0 Å². The van der Waals surface area contributed by atoms with Crippen molar-refractivity contribution in [3.8, 4) is 5.75 Å². The molecule has 0 atom stereocenters. The maximum atomic E-state index is 11.8. The summed E-state index contributed by atoms with van der Waals surface area (Å²) in [4.78, 5) is 11.8. The van der Waals surface area contributed by atoms with Gasteiger partial charge in [-0.25, -0.2) is 4.79 Å². The molecule has 1 aromatic carbocycles. The van der Waals surface area contributed by atoms with Crippen LogP contribution in [0.15, 0.2) is 24.3 Å². The number of phenols is 1. The quantitative estimate of drug-likeness (QED) is 0.109.